The number of rotatable bonds is 9. The molecule has 1 saturated heterocycles. The van der Waals surface area contributed by atoms with Crippen LogP contribution in [0.1, 0.15) is 138 Å². The van der Waals surface area contributed by atoms with Crippen LogP contribution in [0.2, 0.25) is 0 Å². The van der Waals surface area contributed by atoms with E-state index in [4.69, 9.17) is 20.0 Å². The maximum absolute atomic E-state index is 5.12. The normalized spacial score (nSPS) is 12.7. The molecule has 0 saturated carbocycles. The molecule has 5 heteroatoms. The molecule has 0 bridgehead atoms. The summed E-state index contributed by atoms with van der Waals surface area (Å²) >= 11 is 0. The molecule has 0 atom stereocenters. The number of aryl methyl sites for hydroxylation is 1. The second-order valence-electron chi connectivity index (χ2n) is 13.8. The third-order valence-corrected chi connectivity index (χ3v) is 8.39. The van der Waals surface area contributed by atoms with Gasteiger partial charge in [-0.25, -0.2) is 4.98 Å². The molecule has 2 heterocycles. The molecule has 4 nitrogen and oxygen atoms in total. The van der Waals surface area contributed by atoms with Gasteiger partial charge in [0.15, 0.2) is 0 Å². The van der Waals surface area contributed by atoms with Gasteiger partial charge in [-0.3, -0.25) is 4.99 Å². The van der Waals surface area contributed by atoms with Crippen LogP contribution in [-0.2, 0) is 4.74 Å². The van der Waals surface area contributed by atoms with Crippen molar-refractivity contribution in [2.24, 2.45) is 4.99 Å². The van der Waals surface area contributed by atoms with Gasteiger partial charge in [-0.1, -0.05) is 145 Å². The van der Waals surface area contributed by atoms with Crippen LogP contribution >= 0.6 is 0 Å². The Hall–Kier alpha value is -3.42. The molecule has 4 aromatic rings. The summed E-state index contributed by atoms with van der Waals surface area (Å²) in [4.78, 5) is 10.1. The third-order valence-electron chi connectivity index (χ3n) is 8.39. The van der Waals surface area contributed by atoms with E-state index in [2.05, 4.69) is 117 Å². The third kappa shape index (κ3) is 12.8. The molecule has 0 aliphatic carbocycles. The molecule has 0 N–H and O–H groups in total. The van der Waals surface area contributed by atoms with Crippen LogP contribution < -0.4 is 18.9 Å². The van der Waals surface area contributed by atoms with Crippen LogP contribution in [0.3, 0.4) is 0 Å². The zero-order valence-corrected chi connectivity index (χ0v) is 32.2. The molecular weight excluding hydrogens is 593 g/mol. The van der Waals surface area contributed by atoms with Gasteiger partial charge in [0, 0.05) is 18.9 Å². The molecule has 0 spiro atoms. The largest absolute Gasteiger partial charge is 1.00 e. The minimum atomic E-state index is 0. The molecule has 1 aliphatic rings. The van der Waals surface area contributed by atoms with Gasteiger partial charge in [-0.15, -0.1) is 18.0 Å². The molecule has 1 aromatic heterocycles. The number of hydrogen-bond acceptors (Lipinski definition) is 3. The van der Waals surface area contributed by atoms with E-state index in [0.29, 0.717) is 29.4 Å². The Morgan fingerprint density at radius 3 is 1.51 bits per heavy atom. The van der Waals surface area contributed by atoms with Gasteiger partial charge < -0.3 is 10.1 Å². The van der Waals surface area contributed by atoms with Crippen LogP contribution in [0, 0.1) is 6.92 Å². The Kier molecular flexibility index (Phi) is 17.8. The van der Waals surface area contributed by atoms with Crippen molar-refractivity contribution in [3.8, 4) is 0 Å². The number of pyridine rings is 1. The maximum Gasteiger partial charge on any atom is 1.00 e. The SMILES string of the molecule is C1CCOC1.C=C([N-]c1c(C(C)C)cccc1C(C)C)c1cccc(C(C)=Nc2c(C(C)C)cccc2C(C)C)n1.Cc1ccccc1.[Li+]. The summed E-state index contributed by atoms with van der Waals surface area (Å²) in [5.74, 6) is 1.54. The Bertz CT molecular complexity index is 1560. The minimum Gasteiger partial charge on any atom is -0.656 e. The van der Waals surface area contributed by atoms with Crippen LogP contribution in [0.25, 0.3) is 11.0 Å². The zero-order valence-electron chi connectivity index (χ0n) is 32.2. The van der Waals surface area contributed by atoms with Crippen LogP contribution in [-0.4, -0.2) is 23.9 Å². The van der Waals surface area contributed by atoms with Gasteiger partial charge in [-0.2, -0.15) is 0 Å². The van der Waals surface area contributed by atoms with Gasteiger partial charge >= 0.3 is 18.9 Å². The molecule has 0 radical (unpaired) electrons. The van der Waals surface area contributed by atoms with Gasteiger partial charge in [0.05, 0.1) is 17.1 Å². The van der Waals surface area contributed by atoms with E-state index in [1.54, 1.807) is 0 Å². The molecule has 256 valence electrons. The van der Waals surface area contributed by atoms with Crippen molar-refractivity contribution in [1.82, 2.24) is 4.98 Å². The van der Waals surface area contributed by atoms with E-state index in [1.807, 2.05) is 43.3 Å². The smallest absolute Gasteiger partial charge is 0.656 e. The van der Waals surface area contributed by atoms with Crippen LogP contribution in [0.4, 0.5) is 11.4 Å². The number of benzene rings is 3. The zero-order chi connectivity index (χ0) is 35.2. The second kappa shape index (κ2) is 20.9. The summed E-state index contributed by atoms with van der Waals surface area (Å²) in [5, 5.41) is 5.03. The first kappa shape index (κ1) is 41.7. The molecule has 5 rings (SSSR count). The molecule has 1 fully saturated rings. The predicted molar refractivity (Wildman–Crippen MR) is 209 cm³/mol. The van der Waals surface area contributed by atoms with Gasteiger partial charge in [-0.05, 0) is 73.6 Å². The van der Waals surface area contributed by atoms with Gasteiger partial charge in [0.25, 0.3) is 0 Å². The monoisotopic (exact) mass is 651 g/mol. The fraction of sp³-hybridized carbons (Fsp3) is 0.409. The molecule has 0 amide bonds. The Balaban J connectivity index is 0.000000534. The number of nitrogens with zero attached hydrogens (tertiary/aromatic N) is 3. The first-order chi connectivity index (χ1) is 22.9. The summed E-state index contributed by atoms with van der Waals surface area (Å²) in [7, 11) is 0. The minimum absolute atomic E-state index is 0. The quantitative estimate of drug-likeness (QED) is 0.134. The Morgan fingerprint density at radius 1 is 0.653 bits per heavy atom. The molecule has 49 heavy (non-hydrogen) atoms. The van der Waals surface area contributed by atoms with Crippen molar-refractivity contribution in [2.45, 2.75) is 106 Å². The van der Waals surface area contributed by atoms with E-state index >= 15 is 0 Å². The standard InChI is InChI=1S/C33H42N3.C7H8.C4H8O.Li/c1-20(2)26-14-11-15-27(21(3)4)32(26)34-24(9)30-18-13-19-31(36-30)25(10)35-33-28(22(5)6)16-12-17-29(33)23(7)8;1-7-5-3-2-4-6-7;1-2-4-5-3-1;/h11-23H,9H2,1-8,10H3;2-6H,1H3;1-4H2;/q-1;;;+1. The van der Waals surface area contributed by atoms with Crippen molar-refractivity contribution < 1.29 is 23.6 Å². The summed E-state index contributed by atoms with van der Waals surface area (Å²) in [6.07, 6.45) is 2.56. The summed E-state index contributed by atoms with van der Waals surface area (Å²) in [5.41, 5.74) is 11.6. The molecule has 3 aromatic carbocycles. The summed E-state index contributed by atoms with van der Waals surface area (Å²) in [6.45, 7) is 28.2. The topological polar surface area (TPSA) is 48.6 Å². The van der Waals surface area contributed by atoms with E-state index < -0.39 is 0 Å². The van der Waals surface area contributed by atoms with Crippen molar-refractivity contribution in [2.75, 3.05) is 13.2 Å². The fourth-order valence-electron chi connectivity index (χ4n) is 5.54. The van der Waals surface area contributed by atoms with Gasteiger partial charge in [0.2, 0.25) is 0 Å². The predicted octanol–water partition coefficient (Wildman–Crippen LogP) is 10.2. The Morgan fingerprint density at radius 2 is 1.10 bits per heavy atom. The second-order valence-corrected chi connectivity index (χ2v) is 13.8. The molecular formula is C44H58LiN3O. The average molecular weight is 652 g/mol. The van der Waals surface area contributed by atoms with Crippen molar-refractivity contribution in [1.29, 1.82) is 0 Å². The number of aromatic nitrogens is 1. The first-order valence-electron chi connectivity index (χ1n) is 17.7. The summed E-state index contributed by atoms with van der Waals surface area (Å²) in [6, 6.07) is 29.3. The van der Waals surface area contributed by atoms with Gasteiger partial charge in [0.1, 0.15) is 0 Å². The number of aliphatic imine (C=N–C) groups is 1. The maximum atomic E-state index is 5.12. The Labute approximate surface area is 310 Å². The van der Waals surface area contributed by atoms with Crippen molar-refractivity contribution in [3.05, 3.63) is 136 Å². The van der Waals surface area contributed by atoms with Crippen molar-refractivity contribution in [3.63, 3.8) is 0 Å². The van der Waals surface area contributed by atoms with Crippen LogP contribution in [0.5, 0.6) is 0 Å². The van der Waals surface area contributed by atoms with E-state index in [0.717, 1.165) is 41.7 Å². The number of hydrogen-bond donors (Lipinski definition) is 0. The molecule has 0 unspecified atom stereocenters. The average Bonchev–Trinajstić information content (AvgIpc) is 3.66. The number of para-hydroxylation sites is 2. The van der Waals surface area contributed by atoms with E-state index in [9.17, 15) is 0 Å². The van der Waals surface area contributed by atoms with E-state index in [-0.39, 0.29) is 18.9 Å². The number of ether oxygens (including phenoxy) is 1. The van der Waals surface area contributed by atoms with E-state index in [1.165, 1.54) is 40.7 Å². The first-order valence-corrected chi connectivity index (χ1v) is 17.7. The van der Waals surface area contributed by atoms with Crippen LogP contribution in [0.15, 0.2) is 96.5 Å². The molecule has 1 aliphatic heterocycles. The fourth-order valence-corrected chi connectivity index (χ4v) is 5.54. The summed E-state index contributed by atoms with van der Waals surface area (Å²) < 4.78 is 4.94. The van der Waals surface area contributed by atoms with Crippen molar-refractivity contribution >= 4 is 22.8 Å².